The number of halogens is 1. The van der Waals surface area contributed by atoms with Crippen molar-refractivity contribution in [3.8, 4) is 12.8 Å². The van der Waals surface area contributed by atoms with Gasteiger partial charge in [0.25, 0.3) is 0 Å². The maximum absolute atomic E-state index is 4.78. The first-order chi connectivity index (χ1) is 2.00. The van der Waals surface area contributed by atoms with Gasteiger partial charge in [-0.3, -0.25) is 0 Å². The molecule has 0 spiro atoms. The lowest BCUT2D eigenvalue weighted by Gasteiger charge is -1.05. The van der Waals surface area contributed by atoms with Crippen LogP contribution in [-0.4, -0.2) is 9.55 Å². The van der Waals surface area contributed by atoms with Gasteiger partial charge >= 0.3 is 0 Å². The molecule has 0 aliphatic carbocycles. The Hall–Kier alpha value is 0.0669. The van der Waals surface area contributed by atoms with Crippen LogP contribution in [0.1, 0.15) is 0 Å². The van der Waals surface area contributed by atoms with E-state index in [2.05, 4.69) is 12.8 Å². The van der Waals surface area contributed by atoms with Crippen molar-refractivity contribution in [2.45, 2.75) is 0 Å². The Labute approximate surface area is 34.3 Å². The zero-order valence-electron chi connectivity index (χ0n) is 2.53. The van der Waals surface area contributed by atoms with Crippen LogP contribution in [0.5, 0.6) is 0 Å². The van der Waals surface area contributed by atoms with E-state index in [1.807, 2.05) is 0 Å². The molecule has 0 aromatic heterocycles. The maximum Gasteiger partial charge on any atom is 0.109 e. The minimum absolute atomic E-state index is 0.778. The third-order valence-corrected chi connectivity index (χ3v) is 0. The Morgan fingerprint density at radius 2 is 1.25 bits per heavy atom. The lowest BCUT2D eigenvalue weighted by atomic mass is 11.4. The molecule has 0 aliphatic heterocycles. The summed E-state index contributed by atoms with van der Waals surface area (Å²) in [6, 6.07) is 0. The van der Waals surface area contributed by atoms with E-state index in [-0.39, 0.29) is 0 Å². The highest BCUT2D eigenvalue weighted by Crippen LogP contribution is 1.29. The van der Waals surface area contributed by atoms with Gasteiger partial charge in [-0.05, 0) is 0 Å². The average Bonchev–Trinajstić information content (AvgIpc) is 1.50. The average molecular weight is 92.6 g/mol. The molecule has 0 nitrogen and oxygen atoms in total. The summed E-state index contributed by atoms with van der Waals surface area (Å²) in [7, 11) is 0.778. The minimum Gasteiger partial charge on any atom is -0.181 e. The normalized spacial score (nSPS) is 2.75. The van der Waals surface area contributed by atoms with Gasteiger partial charge < -0.3 is 0 Å². The van der Waals surface area contributed by atoms with Crippen LogP contribution in [0.4, 0.5) is 0 Å². The fourth-order valence-electron chi connectivity index (χ4n) is 0. The molecule has 0 N–H and O–H groups in total. The third kappa shape index (κ3) is 526. The van der Waals surface area contributed by atoms with Crippen LogP contribution in [0.25, 0.3) is 0 Å². The summed E-state index contributed by atoms with van der Waals surface area (Å²) in [6.07, 6.45) is 8.00. The molecule has 0 aliphatic rings. The summed E-state index contributed by atoms with van der Waals surface area (Å²) in [6.45, 7) is 0. The predicted octanol–water partition coefficient (Wildman–Crippen LogP) is -0.245. The second-order valence-electron chi connectivity index (χ2n) is 0. The third-order valence-electron chi connectivity index (χ3n) is 0. The van der Waals surface area contributed by atoms with Crippen molar-refractivity contribution >= 4 is 20.6 Å². The van der Waals surface area contributed by atoms with E-state index in [9.17, 15) is 0 Å². The van der Waals surface area contributed by atoms with E-state index < -0.39 is 0 Å². The lowest BCUT2D eigenvalue weighted by Crippen LogP contribution is -0.980. The summed E-state index contributed by atoms with van der Waals surface area (Å²) >= 11 is 4.78. The van der Waals surface area contributed by atoms with Gasteiger partial charge in [-0.2, -0.15) is 11.1 Å². The van der Waals surface area contributed by atoms with Crippen molar-refractivity contribution in [3.05, 3.63) is 0 Å². The first-order valence-electron chi connectivity index (χ1n) is 0.711. The van der Waals surface area contributed by atoms with Crippen LogP contribution in [0.2, 0.25) is 0 Å². The largest absolute Gasteiger partial charge is 0.181 e. The molecule has 24 valence electrons. The molecule has 0 unspecified atom stereocenters. The first-order valence-corrected chi connectivity index (χ1v) is 3.74. The van der Waals surface area contributed by atoms with Crippen LogP contribution in [-0.2, 0) is 0 Å². The monoisotopic (exact) mass is 92.0 g/mol. The molecule has 0 amide bonds. The molecule has 0 aromatic rings. The molecule has 0 rings (SSSR count). The standard InChI is InChI=1S/C2H2.ClH3Si/c2*1-2/h1-2H;2H3. The summed E-state index contributed by atoms with van der Waals surface area (Å²) < 4.78 is 0. The Morgan fingerprint density at radius 3 is 1.25 bits per heavy atom. The molecule has 0 atom stereocenters. The highest BCUT2D eigenvalue weighted by molar-refractivity contribution is 6.80. The minimum atomic E-state index is 0.778. The van der Waals surface area contributed by atoms with E-state index in [0.717, 1.165) is 9.55 Å². The molecule has 0 aromatic carbocycles. The fourth-order valence-corrected chi connectivity index (χ4v) is 0. The topological polar surface area (TPSA) is 0 Å². The quantitative estimate of drug-likeness (QED) is 0.220. The first kappa shape index (κ1) is 8.95. The Morgan fingerprint density at radius 1 is 1.25 bits per heavy atom. The van der Waals surface area contributed by atoms with Crippen molar-refractivity contribution in [1.82, 2.24) is 0 Å². The van der Waals surface area contributed by atoms with E-state index in [4.69, 9.17) is 11.1 Å². The summed E-state index contributed by atoms with van der Waals surface area (Å²) in [4.78, 5) is 0. The smallest absolute Gasteiger partial charge is 0.109 e. The lowest BCUT2D eigenvalue weighted by molar-refractivity contribution is 3.31. The van der Waals surface area contributed by atoms with Gasteiger partial charge in [0.15, 0.2) is 0 Å². The molecule has 0 radical (unpaired) electrons. The second-order valence-corrected chi connectivity index (χ2v) is 0. The van der Waals surface area contributed by atoms with E-state index in [0.29, 0.717) is 0 Å². The Bertz CT molecular complexity index is 10.8. The number of rotatable bonds is 0. The number of hydrogen-bond donors (Lipinski definition) is 0. The van der Waals surface area contributed by atoms with Gasteiger partial charge in [-0.25, -0.2) is 0 Å². The molecule has 4 heavy (non-hydrogen) atoms. The van der Waals surface area contributed by atoms with Crippen molar-refractivity contribution in [1.29, 1.82) is 0 Å². The van der Waals surface area contributed by atoms with E-state index in [1.165, 1.54) is 0 Å². The number of hydrogen-bond acceptors (Lipinski definition) is 0. The summed E-state index contributed by atoms with van der Waals surface area (Å²) in [5.41, 5.74) is 0. The van der Waals surface area contributed by atoms with E-state index >= 15 is 0 Å². The summed E-state index contributed by atoms with van der Waals surface area (Å²) in [5.74, 6) is 0. The van der Waals surface area contributed by atoms with Crippen LogP contribution in [0.3, 0.4) is 0 Å². The van der Waals surface area contributed by atoms with Gasteiger partial charge in [0.05, 0.1) is 0 Å². The SMILES string of the molecule is C#C.[SiH3]Cl. The van der Waals surface area contributed by atoms with Crippen LogP contribution in [0, 0.1) is 12.8 Å². The van der Waals surface area contributed by atoms with Crippen LogP contribution < -0.4 is 0 Å². The molecular formula is C2H5ClSi. The predicted molar refractivity (Wildman–Crippen MR) is 25.7 cm³/mol. The van der Waals surface area contributed by atoms with Gasteiger partial charge in [-0.1, -0.05) is 0 Å². The Balaban J connectivity index is 0. The molecule has 0 fully saturated rings. The molecule has 0 bridgehead atoms. The van der Waals surface area contributed by atoms with Gasteiger partial charge in [0, 0.05) is 0 Å². The zero-order chi connectivity index (χ0) is 4.00. The molecule has 0 saturated carbocycles. The Kier molecular flexibility index (Phi) is 6560. The van der Waals surface area contributed by atoms with Crippen molar-refractivity contribution in [3.63, 3.8) is 0 Å². The summed E-state index contributed by atoms with van der Waals surface area (Å²) in [5, 5.41) is 0. The maximum atomic E-state index is 4.78. The van der Waals surface area contributed by atoms with Crippen LogP contribution in [0.15, 0.2) is 0 Å². The zero-order valence-corrected chi connectivity index (χ0v) is 5.29. The number of terminal acetylenes is 1. The highest BCUT2D eigenvalue weighted by atomic mass is 35.6. The van der Waals surface area contributed by atoms with Crippen molar-refractivity contribution in [2.75, 3.05) is 0 Å². The van der Waals surface area contributed by atoms with Crippen molar-refractivity contribution in [2.24, 2.45) is 0 Å². The second kappa shape index (κ2) is 2930. The van der Waals surface area contributed by atoms with Gasteiger partial charge in [0.1, 0.15) is 9.55 Å². The van der Waals surface area contributed by atoms with Crippen LogP contribution >= 0.6 is 11.1 Å². The molecule has 2 heteroatoms. The highest BCUT2D eigenvalue weighted by Gasteiger charge is 0.975. The van der Waals surface area contributed by atoms with Crippen molar-refractivity contribution < 1.29 is 0 Å². The van der Waals surface area contributed by atoms with Gasteiger partial charge in [0.2, 0.25) is 0 Å². The fraction of sp³-hybridized carbons (Fsp3) is 0. The molecule has 0 heterocycles. The molecular weight excluding hydrogens is 87.6 g/mol. The van der Waals surface area contributed by atoms with Gasteiger partial charge in [-0.15, -0.1) is 12.8 Å². The molecule has 0 saturated heterocycles. The van der Waals surface area contributed by atoms with E-state index in [1.54, 1.807) is 0 Å².